The van der Waals surface area contributed by atoms with Crippen LogP contribution in [0, 0.1) is 0 Å². The van der Waals surface area contributed by atoms with E-state index < -0.39 is 10.0 Å². The van der Waals surface area contributed by atoms with Crippen molar-refractivity contribution in [3.63, 3.8) is 0 Å². The maximum Gasteiger partial charge on any atom is 0.209 e. The van der Waals surface area contributed by atoms with E-state index in [-0.39, 0.29) is 12.1 Å². The number of hydrogen-bond donors (Lipinski definition) is 2. The van der Waals surface area contributed by atoms with Gasteiger partial charge in [-0.1, -0.05) is 6.92 Å². The summed E-state index contributed by atoms with van der Waals surface area (Å²) in [6, 6.07) is -0.292. The molecule has 68 valence electrons. The molecule has 3 N–H and O–H groups in total. The zero-order valence-corrected chi connectivity index (χ0v) is 7.98. The quantitative estimate of drug-likeness (QED) is 0.622. The van der Waals surface area contributed by atoms with Crippen molar-refractivity contribution in [2.45, 2.75) is 32.4 Å². The molecule has 2 atom stereocenters. The molecule has 0 aromatic carbocycles. The molecule has 0 aliphatic heterocycles. The van der Waals surface area contributed by atoms with Crippen LogP contribution in [0.5, 0.6) is 0 Å². The van der Waals surface area contributed by atoms with E-state index in [1.165, 1.54) is 0 Å². The Hall–Kier alpha value is -0.130. The second-order valence-corrected chi connectivity index (χ2v) is 4.54. The van der Waals surface area contributed by atoms with Gasteiger partial charge in [0.25, 0.3) is 0 Å². The topological polar surface area (TPSA) is 72.2 Å². The molecule has 0 heterocycles. The molecule has 0 spiro atoms. The molecule has 0 bridgehead atoms. The van der Waals surface area contributed by atoms with E-state index in [0.29, 0.717) is 6.42 Å². The summed E-state index contributed by atoms with van der Waals surface area (Å²) >= 11 is 0. The van der Waals surface area contributed by atoms with E-state index in [1.807, 2.05) is 6.92 Å². The minimum atomic E-state index is -3.11. The Morgan fingerprint density at radius 1 is 1.55 bits per heavy atom. The van der Waals surface area contributed by atoms with Crippen LogP contribution in [0.2, 0.25) is 0 Å². The van der Waals surface area contributed by atoms with Gasteiger partial charge in [-0.25, -0.2) is 13.1 Å². The molecule has 0 aliphatic carbocycles. The summed E-state index contributed by atoms with van der Waals surface area (Å²) in [5, 5.41) is 0. The number of nitrogens with one attached hydrogen (secondary N) is 1. The molecule has 0 rings (SSSR count). The monoisotopic (exact) mass is 180 g/mol. The van der Waals surface area contributed by atoms with Gasteiger partial charge >= 0.3 is 0 Å². The highest BCUT2D eigenvalue weighted by Crippen LogP contribution is 1.96. The van der Waals surface area contributed by atoms with Crippen LogP contribution in [-0.4, -0.2) is 26.8 Å². The summed E-state index contributed by atoms with van der Waals surface area (Å²) in [5.41, 5.74) is 5.53. The van der Waals surface area contributed by atoms with Crippen molar-refractivity contribution in [2.75, 3.05) is 6.26 Å². The third-order valence-corrected chi connectivity index (χ3v) is 2.17. The Balaban J connectivity index is 4.10. The third kappa shape index (κ3) is 5.17. The summed E-state index contributed by atoms with van der Waals surface area (Å²) in [7, 11) is -3.11. The van der Waals surface area contributed by atoms with Crippen molar-refractivity contribution in [3.05, 3.63) is 0 Å². The molecule has 0 saturated heterocycles. The molecule has 0 fully saturated rings. The van der Waals surface area contributed by atoms with E-state index in [2.05, 4.69) is 4.72 Å². The second-order valence-electron chi connectivity index (χ2n) is 2.76. The first-order chi connectivity index (χ1) is 4.87. The average Bonchev–Trinajstić information content (AvgIpc) is 1.80. The van der Waals surface area contributed by atoms with E-state index in [0.717, 1.165) is 6.26 Å². The fraction of sp³-hybridized carbons (Fsp3) is 1.00. The predicted octanol–water partition coefficient (Wildman–Crippen LogP) is -0.339. The lowest BCUT2D eigenvalue weighted by molar-refractivity contribution is 0.489. The zero-order valence-electron chi connectivity index (χ0n) is 7.16. The smallest absolute Gasteiger partial charge is 0.209 e. The highest BCUT2D eigenvalue weighted by Gasteiger charge is 2.14. The maximum atomic E-state index is 10.7. The first-order valence-corrected chi connectivity index (χ1v) is 5.49. The summed E-state index contributed by atoms with van der Waals surface area (Å²) < 4.78 is 23.9. The third-order valence-electron chi connectivity index (χ3n) is 1.44. The first-order valence-electron chi connectivity index (χ1n) is 3.59. The normalized spacial score (nSPS) is 17.8. The fourth-order valence-electron chi connectivity index (χ4n) is 0.837. The zero-order chi connectivity index (χ0) is 9.07. The largest absolute Gasteiger partial charge is 0.327 e. The molecule has 0 aliphatic rings. The molecule has 0 saturated carbocycles. The molecule has 5 heteroatoms. The number of nitrogens with two attached hydrogens (primary N) is 1. The average molecular weight is 180 g/mol. The van der Waals surface area contributed by atoms with Gasteiger partial charge in [0.05, 0.1) is 6.26 Å². The van der Waals surface area contributed by atoms with E-state index in [1.54, 1.807) is 6.92 Å². The lowest BCUT2D eigenvalue weighted by atomic mass is 10.1. The Labute approximate surface area is 68.2 Å². The first kappa shape index (κ1) is 10.9. The fourth-order valence-corrected chi connectivity index (χ4v) is 1.77. The van der Waals surface area contributed by atoms with Gasteiger partial charge in [0, 0.05) is 12.1 Å². The van der Waals surface area contributed by atoms with Gasteiger partial charge in [0.1, 0.15) is 0 Å². The van der Waals surface area contributed by atoms with Gasteiger partial charge < -0.3 is 5.73 Å². The van der Waals surface area contributed by atoms with Crippen molar-refractivity contribution >= 4 is 10.0 Å². The second kappa shape index (κ2) is 4.04. The Morgan fingerprint density at radius 2 is 2.00 bits per heavy atom. The van der Waals surface area contributed by atoms with Crippen LogP contribution < -0.4 is 10.5 Å². The molecular formula is C6H16N2O2S. The number of rotatable bonds is 4. The predicted molar refractivity (Wildman–Crippen MR) is 45.7 cm³/mol. The van der Waals surface area contributed by atoms with Gasteiger partial charge in [-0.2, -0.15) is 0 Å². The molecule has 0 aromatic heterocycles. The highest BCUT2D eigenvalue weighted by molar-refractivity contribution is 7.88. The van der Waals surface area contributed by atoms with Crippen LogP contribution in [0.25, 0.3) is 0 Å². The summed E-state index contributed by atoms with van der Waals surface area (Å²) in [6.45, 7) is 3.68. The summed E-state index contributed by atoms with van der Waals surface area (Å²) in [6.07, 6.45) is 1.85. The maximum absolute atomic E-state index is 10.7. The lowest BCUT2D eigenvalue weighted by Crippen LogP contribution is -2.45. The highest BCUT2D eigenvalue weighted by atomic mass is 32.2. The van der Waals surface area contributed by atoms with Crippen molar-refractivity contribution in [1.82, 2.24) is 4.72 Å². The van der Waals surface area contributed by atoms with E-state index in [9.17, 15) is 8.42 Å². The van der Waals surface area contributed by atoms with Crippen LogP contribution in [0.1, 0.15) is 20.3 Å². The molecular weight excluding hydrogens is 164 g/mol. The summed E-state index contributed by atoms with van der Waals surface area (Å²) in [5.74, 6) is 0. The van der Waals surface area contributed by atoms with Crippen LogP contribution in [0.15, 0.2) is 0 Å². The molecule has 11 heavy (non-hydrogen) atoms. The molecule has 4 nitrogen and oxygen atoms in total. The molecule has 0 radical (unpaired) electrons. The van der Waals surface area contributed by atoms with Crippen LogP contribution in [0.3, 0.4) is 0 Å². The molecule has 0 aromatic rings. The van der Waals surface area contributed by atoms with Gasteiger partial charge in [-0.15, -0.1) is 0 Å². The lowest BCUT2D eigenvalue weighted by Gasteiger charge is -2.18. The van der Waals surface area contributed by atoms with E-state index in [4.69, 9.17) is 5.73 Å². The van der Waals surface area contributed by atoms with Crippen LogP contribution >= 0.6 is 0 Å². The van der Waals surface area contributed by atoms with Crippen molar-refractivity contribution in [2.24, 2.45) is 5.73 Å². The van der Waals surface area contributed by atoms with Crippen molar-refractivity contribution in [1.29, 1.82) is 0 Å². The van der Waals surface area contributed by atoms with Crippen LogP contribution in [-0.2, 0) is 10.0 Å². The number of sulfonamides is 1. The Kier molecular flexibility index (Phi) is 3.99. The minimum Gasteiger partial charge on any atom is -0.327 e. The Morgan fingerprint density at radius 3 is 2.09 bits per heavy atom. The summed E-state index contributed by atoms with van der Waals surface area (Å²) in [4.78, 5) is 0. The van der Waals surface area contributed by atoms with Gasteiger partial charge in [-0.05, 0) is 13.3 Å². The van der Waals surface area contributed by atoms with Crippen LogP contribution in [0.4, 0.5) is 0 Å². The van der Waals surface area contributed by atoms with Gasteiger partial charge in [0.15, 0.2) is 0 Å². The molecule has 2 unspecified atom stereocenters. The van der Waals surface area contributed by atoms with Crippen molar-refractivity contribution in [3.8, 4) is 0 Å². The SMILES string of the molecule is CCC(NS(C)(=O)=O)C(C)N. The number of hydrogen-bond acceptors (Lipinski definition) is 3. The van der Waals surface area contributed by atoms with Gasteiger partial charge in [-0.3, -0.25) is 0 Å². The standard InChI is InChI=1S/C6H16N2O2S/c1-4-6(5(2)7)8-11(3,9)10/h5-6,8H,4,7H2,1-3H3. The van der Waals surface area contributed by atoms with E-state index >= 15 is 0 Å². The minimum absolute atomic E-state index is 0.144. The van der Waals surface area contributed by atoms with Crippen molar-refractivity contribution < 1.29 is 8.42 Å². The molecule has 0 amide bonds. The van der Waals surface area contributed by atoms with Gasteiger partial charge in [0.2, 0.25) is 10.0 Å². The Bertz CT molecular complexity index is 199.